The summed E-state index contributed by atoms with van der Waals surface area (Å²) in [5.74, 6) is -3.56. The van der Waals surface area contributed by atoms with E-state index in [0.717, 1.165) is 11.1 Å². The Morgan fingerprint density at radius 3 is 2.57 bits per heavy atom. The molecule has 6 rings (SSSR count). The Labute approximate surface area is 204 Å². The maximum absolute atomic E-state index is 13.3. The minimum Gasteiger partial charge on any atom is -0.392 e. The van der Waals surface area contributed by atoms with Gasteiger partial charge in [0.1, 0.15) is 17.8 Å². The molecule has 186 valence electrons. The summed E-state index contributed by atoms with van der Waals surface area (Å²) in [4.78, 5) is 13.3. The standard InChI is InChI=1S/C28H32O7/c1-15(2)25-12-17(4)28-20(11-19(14-29)23(31)27(32)21(28)10-16(3)22(27)30)24(25)33-26(34-25,35-28)13-18-8-6-5-7-9-18/h5-11,17,20-21,23-24,29,31-32H,1,12-14H2,2-4H3/t17-,20+,21-,23-,24-,25-,26-,27-,28-/m1/s1. The molecule has 0 aromatic heterocycles. The first-order valence-electron chi connectivity index (χ1n) is 12.3. The highest BCUT2D eigenvalue weighted by Crippen LogP contribution is 2.68. The summed E-state index contributed by atoms with van der Waals surface area (Å²) in [5, 5.41) is 33.4. The van der Waals surface area contributed by atoms with Gasteiger partial charge in [0.25, 0.3) is 5.97 Å². The molecular formula is C28H32O7. The fourth-order valence-corrected chi connectivity index (χ4v) is 7.51. The molecule has 3 bridgehead atoms. The SMILES string of the molecule is C=C(C)[C@]12C[C@@H](C)[C@@]34O[C@](Cc5ccccc5)(O[C@@H]1[C@@H]3C=C(CO)[C@@H](O)[C@]1(O)C(=O)C(C)=C[C@H]14)O2. The highest BCUT2D eigenvalue weighted by atomic mass is 16.9. The number of aliphatic hydroxyl groups is 3. The summed E-state index contributed by atoms with van der Waals surface area (Å²) in [6, 6.07) is 9.75. The van der Waals surface area contributed by atoms with Crippen LogP contribution in [-0.4, -0.2) is 62.7 Å². The number of rotatable bonds is 4. The lowest BCUT2D eigenvalue weighted by Crippen LogP contribution is -2.71. The van der Waals surface area contributed by atoms with Crippen molar-refractivity contribution in [2.24, 2.45) is 17.8 Å². The number of ether oxygens (including phenoxy) is 3. The first-order chi connectivity index (χ1) is 16.5. The van der Waals surface area contributed by atoms with Crippen LogP contribution >= 0.6 is 0 Å². The van der Waals surface area contributed by atoms with Gasteiger partial charge in [0.2, 0.25) is 0 Å². The predicted octanol–water partition coefficient (Wildman–Crippen LogP) is 2.21. The number of benzene rings is 1. The molecule has 3 fully saturated rings. The number of hydrogen-bond donors (Lipinski definition) is 3. The van der Waals surface area contributed by atoms with E-state index in [1.54, 1.807) is 19.1 Å². The van der Waals surface area contributed by atoms with Crippen molar-refractivity contribution in [1.82, 2.24) is 0 Å². The average molecular weight is 481 g/mol. The first kappa shape index (κ1) is 23.3. The maximum atomic E-state index is 13.3. The lowest BCUT2D eigenvalue weighted by molar-refractivity contribution is -0.422. The number of ketones is 1. The van der Waals surface area contributed by atoms with E-state index in [9.17, 15) is 20.1 Å². The molecule has 0 unspecified atom stereocenters. The number of fused-ring (bicyclic) bond motifs is 2. The zero-order chi connectivity index (χ0) is 25.0. The molecule has 0 radical (unpaired) electrons. The average Bonchev–Trinajstić information content (AvgIpc) is 3.16. The van der Waals surface area contributed by atoms with Crippen LogP contribution in [-0.2, 0) is 25.4 Å². The molecule has 2 aliphatic heterocycles. The van der Waals surface area contributed by atoms with Crippen molar-refractivity contribution >= 4 is 5.78 Å². The van der Waals surface area contributed by atoms with Gasteiger partial charge in [-0.3, -0.25) is 4.79 Å². The second-order valence-electron chi connectivity index (χ2n) is 11.0. The van der Waals surface area contributed by atoms with Crippen molar-refractivity contribution in [2.75, 3.05) is 6.61 Å². The normalized spacial score (nSPS) is 47.6. The van der Waals surface area contributed by atoms with Crippen molar-refractivity contribution in [1.29, 1.82) is 0 Å². The maximum Gasteiger partial charge on any atom is 0.289 e. The third-order valence-corrected chi connectivity index (χ3v) is 9.09. The molecule has 0 spiro atoms. The molecule has 5 aliphatic rings. The first-order valence-corrected chi connectivity index (χ1v) is 12.3. The number of carbonyl (C=O) groups excluding carboxylic acids is 1. The molecule has 2 heterocycles. The molecule has 2 saturated heterocycles. The Hall–Kier alpha value is -2.13. The monoisotopic (exact) mass is 480 g/mol. The second kappa shape index (κ2) is 7.22. The number of aliphatic hydroxyl groups excluding tert-OH is 2. The van der Waals surface area contributed by atoms with Crippen LogP contribution < -0.4 is 0 Å². The molecule has 7 heteroatoms. The fraction of sp³-hybridized carbons (Fsp3) is 0.536. The molecule has 1 aromatic rings. The molecule has 0 amide bonds. The smallest absolute Gasteiger partial charge is 0.289 e. The Bertz CT molecular complexity index is 1170. The summed E-state index contributed by atoms with van der Waals surface area (Å²) < 4.78 is 20.3. The van der Waals surface area contributed by atoms with Crippen LogP contribution in [0, 0.1) is 17.8 Å². The third kappa shape index (κ3) is 2.69. The summed E-state index contributed by atoms with van der Waals surface area (Å²) in [5.41, 5.74) is -1.82. The quantitative estimate of drug-likeness (QED) is 0.568. The molecule has 35 heavy (non-hydrogen) atoms. The van der Waals surface area contributed by atoms with Gasteiger partial charge < -0.3 is 29.5 Å². The second-order valence-corrected chi connectivity index (χ2v) is 11.0. The van der Waals surface area contributed by atoms with Crippen LogP contribution in [0.3, 0.4) is 0 Å². The van der Waals surface area contributed by atoms with Crippen LogP contribution in [0.25, 0.3) is 0 Å². The Morgan fingerprint density at radius 2 is 1.91 bits per heavy atom. The molecule has 1 aromatic carbocycles. The van der Waals surface area contributed by atoms with Gasteiger partial charge in [0.15, 0.2) is 11.4 Å². The zero-order valence-electron chi connectivity index (χ0n) is 20.2. The topological polar surface area (TPSA) is 105 Å². The van der Waals surface area contributed by atoms with E-state index in [4.69, 9.17) is 14.2 Å². The van der Waals surface area contributed by atoms with E-state index in [1.165, 1.54) is 0 Å². The number of carbonyl (C=O) groups is 1. The van der Waals surface area contributed by atoms with Gasteiger partial charge in [-0.1, -0.05) is 56.0 Å². The van der Waals surface area contributed by atoms with Gasteiger partial charge in [-0.15, -0.1) is 0 Å². The van der Waals surface area contributed by atoms with Gasteiger partial charge >= 0.3 is 0 Å². The van der Waals surface area contributed by atoms with E-state index in [0.29, 0.717) is 18.4 Å². The Morgan fingerprint density at radius 1 is 1.20 bits per heavy atom. The van der Waals surface area contributed by atoms with E-state index >= 15 is 0 Å². The Kier molecular flexibility index (Phi) is 4.80. The molecule has 9 atom stereocenters. The van der Waals surface area contributed by atoms with Gasteiger partial charge in [-0.2, -0.15) is 0 Å². The minimum absolute atomic E-state index is 0.181. The van der Waals surface area contributed by atoms with Gasteiger partial charge in [-0.25, -0.2) is 0 Å². The lowest BCUT2D eigenvalue weighted by atomic mass is 9.54. The minimum atomic E-state index is -2.16. The summed E-state index contributed by atoms with van der Waals surface area (Å²) in [7, 11) is 0. The van der Waals surface area contributed by atoms with Gasteiger partial charge in [0, 0.05) is 11.8 Å². The molecule has 3 N–H and O–H groups in total. The van der Waals surface area contributed by atoms with E-state index < -0.39 is 59.2 Å². The van der Waals surface area contributed by atoms with Crippen LogP contribution in [0.1, 0.15) is 32.8 Å². The molecule has 7 nitrogen and oxygen atoms in total. The summed E-state index contributed by atoms with van der Waals surface area (Å²) in [6.45, 7) is 9.35. The fourth-order valence-electron chi connectivity index (χ4n) is 7.51. The highest BCUT2D eigenvalue weighted by Gasteiger charge is 2.80. The number of Topliss-reactive ketones (excluding diaryl/α,β-unsaturated/α-hetero) is 1. The van der Waals surface area contributed by atoms with Gasteiger partial charge in [0.05, 0.1) is 18.6 Å². The third-order valence-electron chi connectivity index (χ3n) is 9.09. The molecule has 3 aliphatic carbocycles. The zero-order valence-corrected chi connectivity index (χ0v) is 20.2. The summed E-state index contributed by atoms with van der Waals surface area (Å²) in [6.07, 6.45) is 2.20. The Balaban J connectivity index is 1.60. The van der Waals surface area contributed by atoms with Crippen molar-refractivity contribution < 1.29 is 34.3 Å². The van der Waals surface area contributed by atoms with E-state index in [1.807, 2.05) is 44.2 Å². The van der Waals surface area contributed by atoms with Crippen molar-refractivity contribution in [3.63, 3.8) is 0 Å². The van der Waals surface area contributed by atoms with Crippen LogP contribution in [0.2, 0.25) is 0 Å². The van der Waals surface area contributed by atoms with Crippen molar-refractivity contribution in [2.45, 2.75) is 68.6 Å². The van der Waals surface area contributed by atoms with Crippen molar-refractivity contribution in [3.8, 4) is 0 Å². The van der Waals surface area contributed by atoms with Crippen LogP contribution in [0.5, 0.6) is 0 Å². The van der Waals surface area contributed by atoms with Crippen LogP contribution in [0.4, 0.5) is 0 Å². The van der Waals surface area contributed by atoms with Gasteiger partial charge in [-0.05, 0) is 48.5 Å². The van der Waals surface area contributed by atoms with E-state index in [2.05, 4.69) is 6.58 Å². The molecule has 1 saturated carbocycles. The predicted molar refractivity (Wildman–Crippen MR) is 126 cm³/mol. The highest BCUT2D eigenvalue weighted by molar-refractivity contribution is 6.05. The molecular weight excluding hydrogens is 448 g/mol. The lowest BCUT2D eigenvalue weighted by Gasteiger charge is -2.59. The largest absolute Gasteiger partial charge is 0.392 e. The summed E-state index contributed by atoms with van der Waals surface area (Å²) >= 11 is 0. The van der Waals surface area contributed by atoms with Crippen LogP contribution in [0.15, 0.2) is 65.8 Å². The van der Waals surface area contributed by atoms with Crippen molar-refractivity contribution in [3.05, 3.63) is 71.3 Å². The van der Waals surface area contributed by atoms with E-state index in [-0.39, 0.29) is 11.5 Å². The number of hydrogen-bond acceptors (Lipinski definition) is 7.